The third-order valence-electron chi connectivity index (χ3n) is 2.55. The van der Waals surface area contributed by atoms with Crippen molar-refractivity contribution in [2.75, 3.05) is 13.2 Å². The number of furan rings is 1. The summed E-state index contributed by atoms with van der Waals surface area (Å²) in [6, 6.07) is 7.40. The van der Waals surface area contributed by atoms with Crippen LogP contribution in [0.15, 0.2) is 46.4 Å². The Hall–Kier alpha value is -2.34. The molecular weight excluding hydrogens is 290 g/mol. The summed E-state index contributed by atoms with van der Waals surface area (Å²) in [6.07, 6.45) is 4.98. The summed E-state index contributed by atoms with van der Waals surface area (Å²) in [4.78, 5) is 24.1. The molecule has 0 aromatic carbocycles. The molecule has 5 nitrogen and oxygen atoms in total. The maximum Gasteiger partial charge on any atom is 0.331 e. The standard InChI is InChI=1S/C15H15NO4S/c17-14(16-8-7-13-4-2-10-21-13)11-20-15(18)6-5-12-3-1-9-19-12/h1-6,9-10H,7-8,11H2,(H,16,17)/b6-5+. The normalized spacial score (nSPS) is 10.7. The Morgan fingerprint density at radius 3 is 2.95 bits per heavy atom. The van der Waals surface area contributed by atoms with Crippen molar-refractivity contribution < 1.29 is 18.7 Å². The zero-order chi connectivity index (χ0) is 14.9. The molecule has 0 radical (unpaired) electrons. The van der Waals surface area contributed by atoms with Crippen molar-refractivity contribution in [1.29, 1.82) is 0 Å². The van der Waals surface area contributed by atoms with E-state index in [9.17, 15) is 9.59 Å². The minimum atomic E-state index is -0.584. The molecule has 1 amide bonds. The van der Waals surface area contributed by atoms with Gasteiger partial charge in [-0.25, -0.2) is 4.79 Å². The smallest absolute Gasteiger partial charge is 0.331 e. The van der Waals surface area contributed by atoms with Crippen molar-refractivity contribution in [3.05, 3.63) is 52.6 Å². The number of thiophene rings is 1. The van der Waals surface area contributed by atoms with Gasteiger partial charge in [0.1, 0.15) is 5.76 Å². The van der Waals surface area contributed by atoms with Gasteiger partial charge in [0, 0.05) is 17.5 Å². The van der Waals surface area contributed by atoms with Crippen LogP contribution in [0.2, 0.25) is 0 Å². The molecule has 110 valence electrons. The van der Waals surface area contributed by atoms with E-state index in [4.69, 9.17) is 9.15 Å². The van der Waals surface area contributed by atoms with Crippen LogP contribution in [0.3, 0.4) is 0 Å². The molecule has 2 aromatic rings. The molecule has 1 N–H and O–H groups in total. The second-order valence-corrected chi connectivity index (χ2v) is 5.17. The highest BCUT2D eigenvalue weighted by Gasteiger charge is 2.05. The van der Waals surface area contributed by atoms with Crippen LogP contribution < -0.4 is 5.32 Å². The van der Waals surface area contributed by atoms with Crippen molar-refractivity contribution in [2.45, 2.75) is 6.42 Å². The predicted molar refractivity (Wildman–Crippen MR) is 79.7 cm³/mol. The van der Waals surface area contributed by atoms with Gasteiger partial charge in [0.25, 0.3) is 5.91 Å². The van der Waals surface area contributed by atoms with Gasteiger partial charge in [-0.3, -0.25) is 4.79 Å². The second kappa shape index (κ2) is 8.06. The third kappa shape index (κ3) is 5.66. The number of carbonyl (C=O) groups excluding carboxylic acids is 2. The molecule has 0 atom stereocenters. The zero-order valence-electron chi connectivity index (χ0n) is 11.3. The third-order valence-corrected chi connectivity index (χ3v) is 3.48. The highest BCUT2D eigenvalue weighted by molar-refractivity contribution is 7.09. The first-order valence-electron chi connectivity index (χ1n) is 6.41. The van der Waals surface area contributed by atoms with Crippen molar-refractivity contribution in [1.82, 2.24) is 5.32 Å². The fourth-order valence-corrected chi connectivity index (χ4v) is 2.26. The van der Waals surface area contributed by atoms with Crippen LogP contribution in [0, 0.1) is 0 Å². The molecule has 2 rings (SSSR count). The zero-order valence-corrected chi connectivity index (χ0v) is 12.1. The Balaban J connectivity index is 1.61. The Morgan fingerprint density at radius 2 is 2.24 bits per heavy atom. The first kappa shape index (κ1) is 15.1. The van der Waals surface area contributed by atoms with Crippen molar-refractivity contribution in [2.24, 2.45) is 0 Å². The van der Waals surface area contributed by atoms with Gasteiger partial charge in [0.05, 0.1) is 6.26 Å². The topological polar surface area (TPSA) is 68.5 Å². The molecule has 2 heterocycles. The number of hydrogen-bond donors (Lipinski definition) is 1. The van der Waals surface area contributed by atoms with Crippen LogP contribution in [0.25, 0.3) is 6.08 Å². The summed E-state index contributed by atoms with van der Waals surface area (Å²) in [7, 11) is 0. The summed E-state index contributed by atoms with van der Waals surface area (Å²) >= 11 is 1.64. The molecular formula is C15H15NO4S. The monoisotopic (exact) mass is 305 g/mol. The first-order valence-corrected chi connectivity index (χ1v) is 7.29. The van der Waals surface area contributed by atoms with E-state index in [0.29, 0.717) is 12.3 Å². The van der Waals surface area contributed by atoms with Crippen molar-refractivity contribution >= 4 is 29.3 Å². The predicted octanol–water partition coefficient (Wildman–Crippen LogP) is 2.26. The Morgan fingerprint density at radius 1 is 1.33 bits per heavy atom. The van der Waals surface area contributed by atoms with E-state index in [1.807, 2.05) is 17.5 Å². The summed E-state index contributed by atoms with van der Waals surface area (Å²) in [5, 5.41) is 4.68. The lowest BCUT2D eigenvalue weighted by molar-refractivity contribution is -0.143. The second-order valence-electron chi connectivity index (χ2n) is 4.14. The van der Waals surface area contributed by atoms with Gasteiger partial charge < -0.3 is 14.5 Å². The fourth-order valence-electron chi connectivity index (χ4n) is 1.55. The number of carbonyl (C=O) groups is 2. The van der Waals surface area contributed by atoms with Crippen molar-refractivity contribution in [3.8, 4) is 0 Å². The molecule has 0 spiro atoms. The molecule has 0 saturated carbocycles. The molecule has 6 heteroatoms. The van der Waals surface area contributed by atoms with Crippen LogP contribution in [-0.4, -0.2) is 25.0 Å². The minimum absolute atomic E-state index is 0.286. The summed E-state index contributed by atoms with van der Waals surface area (Å²) in [5.74, 6) is -0.349. The van der Waals surface area contributed by atoms with Crippen molar-refractivity contribution in [3.63, 3.8) is 0 Å². The van der Waals surface area contributed by atoms with Gasteiger partial charge in [0.15, 0.2) is 6.61 Å². The van der Waals surface area contributed by atoms with Gasteiger partial charge in [-0.2, -0.15) is 0 Å². The van der Waals surface area contributed by atoms with Gasteiger partial charge in [0.2, 0.25) is 0 Å². The number of amides is 1. The van der Waals surface area contributed by atoms with E-state index >= 15 is 0 Å². The molecule has 0 aliphatic heterocycles. The molecule has 0 aliphatic carbocycles. The highest BCUT2D eigenvalue weighted by atomic mass is 32.1. The Bertz CT molecular complexity index is 587. The summed E-state index contributed by atoms with van der Waals surface area (Å²) in [6.45, 7) is 0.241. The lowest BCUT2D eigenvalue weighted by Gasteiger charge is -2.04. The summed E-state index contributed by atoms with van der Waals surface area (Å²) in [5.41, 5.74) is 0. The molecule has 0 unspecified atom stereocenters. The minimum Gasteiger partial charge on any atom is -0.465 e. The quantitative estimate of drug-likeness (QED) is 0.629. The van der Waals surface area contributed by atoms with E-state index in [1.165, 1.54) is 23.3 Å². The average molecular weight is 305 g/mol. The molecule has 0 fully saturated rings. The molecule has 0 aliphatic rings. The maximum atomic E-state index is 11.5. The lowest BCUT2D eigenvalue weighted by Crippen LogP contribution is -2.30. The number of esters is 1. The highest BCUT2D eigenvalue weighted by Crippen LogP contribution is 2.08. The molecule has 0 saturated heterocycles. The number of ether oxygens (including phenoxy) is 1. The number of rotatable bonds is 7. The Labute approximate surface area is 126 Å². The van der Waals surface area contributed by atoms with Gasteiger partial charge in [-0.15, -0.1) is 11.3 Å². The largest absolute Gasteiger partial charge is 0.465 e. The van der Waals surface area contributed by atoms with E-state index in [0.717, 1.165) is 6.42 Å². The van der Waals surface area contributed by atoms with Crippen LogP contribution in [0.1, 0.15) is 10.6 Å². The van der Waals surface area contributed by atoms with Crippen LogP contribution in [0.5, 0.6) is 0 Å². The fraction of sp³-hybridized carbons (Fsp3) is 0.200. The average Bonchev–Trinajstić information content (AvgIpc) is 3.16. The number of hydrogen-bond acceptors (Lipinski definition) is 5. The van der Waals surface area contributed by atoms with Crippen LogP contribution in [-0.2, 0) is 20.7 Å². The SMILES string of the molecule is O=C(COC(=O)/C=C/c1ccco1)NCCc1cccs1. The van der Waals surface area contributed by atoms with Crippen LogP contribution in [0.4, 0.5) is 0 Å². The van der Waals surface area contributed by atoms with Gasteiger partial charge >= 0.3 is 5.97 Å². The first-order chi connectivity index (χ1) is 10.2. The lowest BCUT2D eigenvalue weighted by atomic mass is 10.3. The Kier molecular flexibility index (Phi) is 5.78. The molecule has 2 aromatic heterocycles. The van der Waals surface area contributed by atoms with E-state index in [2.05, 4.69) is 5.32 Å². The molecule has 0 bridgehead atoms. The molecule has 21 heavy (non-hydrogen) atoms. The van der Waals surface area contributed by atoms with Crippen LogP contribution >= 0.6 is 11.3 Å². The van der Waals surface area contributed by atoms with Gasteiger partial charge in [-0.1, -0.05) is 6.07 Å². The van der Waals surface area contributed by atoms with E-state index in [-0.39, 0.29) is 12.5 Å². The maximum absolute atomic E-state index is 11.5. The number of nitrogens with one attached hydrogen (secondary N) is 1. The van der Waals surface area contributed by atoms with E-state index < -0.39 is 5.97 Å². The van der Waals surface area contributed by atoms with Gasteiger partial charge in [-0.05, 0) is 36.1 Å². The van der Waals surface area contributed by atoms with E-state index in [1.54, 1.807) is 23.5 Å². The summed E-state index contributed by atoms with van der Waals surface area (Å²) < 4.78 is 9.84.